The van der Waals surface area contributed by atoms with Crippen LogP contribution >= 0.6 is 11.3 Å². The zero-order valence-electron chi connectivity index (χ0n) is 45.3. The Bertz CT molecular complexity index is 2900. The minimum Gasteiger partial charge on any atom is -0.464 e. The summed E-state index contributed by atoms with van der Waals surface area (Å²) in [5.74, 6) is -1.54. The van der Waals surface area contributed by atoms with Crippen molar-refractivity contribution in [3.8, 4) is 22.5 Å². The number of imidazole rings is 1. The Morgan fingerprint density at radius 2 is 1.83 bits per heavy atom. The van der Waals surface area contributed by atoms with Gasteiger partial charge in [0.2, 0.25) is 5.91 Å². The molecule has 1 aromatic carbocycles. The van der Waals surface area contributed by atoms with Crippen molar-refractivity contribution in [2.75, 3.05) is 77.8 Å². The Labute approximate surface area is 450 Å². The maximum Gasteiger partial charge on any atom is 0.324 e. The van der Waals surface area contributed by atoms with Crippen LogP contribution in [0.15, 0.2) is 48.4 Å². The third-order valence-electron chi connectivity index (χ3n) is 16.7. The molecule has 2 saturated carbocycles. The lowest BCUT2D eigenvalue weighted by Gasteiger charge is -2.37. The number of hydrogen-bond donors (Lipinski definition) is 2. The Balaban J connectivity index is 1.03. The first kappa shape index (κ1) is 52.8. The van der Waals surface area contributed by atoms with Crippen molar-refractivity contribution >= 4 is 45.7 Å². The molecule has 5 fully saturated rings. The molecule has 6 aliphatic rings. The van der Waals surface area contributed by atoms with Crippen LogP contribution in [0.3, 0.4) is 0 Å². The number of anilines is 1. The molecular formula is C57H76N10O8S. The fraction of sp³-hybridized carbons (Fsp3) is 0.614. The van der Waals surface area contributed by atoms with Crippen molar-refractivity contribution in [1.82, 2.24) is 44.7 Å². The highest BCUT2D eigenvalue weighted by molar-refractivity contribution is 7.10. The molecular weight excluding hydrogens is 985 g/mol. The third-order valence-corrected chi connectivity index (χ3v) is 17.6. The third kappa shape index (κ3) is 10.9. The van der Waals surface area contributed by atoms with Crippen molar-refractivity contribution in [2.45, 2.75) is 128 Å². The summed E-state index contributed by atoms with van der Waals surface area (Å²) in [5.41, 5.74) is 11.2. The number of ether oxygens (including phenoxy) is 5. The first-order chi connectivity index (χ1) is 36.8. The molecule has 408 valence electrons. The molecule has 2 aliphatic carbocycles. The summed E-state index contributed by atoms with van der Waals surface area (Å²) in [7, 11) is 3.65. The molecule has 0 unspecified atom stereocenters. The number of benzene rings is 1. The van der Waals surface area contributed by atoms with Gasteiger partial charge in [0.15, 0.2) is 0 Å². The molecule has 2 amide bonds. The maximum atomic E-state index is 15.0. The fourth-order valence-electron chi connectivity index (χ4n) is 12.2. The van der Waals surface area contributed by atoms with Gasteiger partial charge < -0.3 is 43.0 Å². The lowest BCUT2D eigenvalue weighted by molar-refractivity contribution is -0.156. The Hall–Kier alpha value is -5.28. The molecule has 76 heavy (non-hydrogen) atoms. The summed E-state index contributed by atoms with van der Waals surface area (Å²) < 4.78 is 35.6. The van der Waals surface area contributed by atoms with Crippen molar-refractivity contribution < 1.29 is 38.1 Å². The second kappa shape index (κ2) is 22.2. The molecule has 8 heterocycles. The van der Waals surface area contributed by atoms with Crippen LogP contribution in [0.4, 0.5) is 5.69 Å². The van der Waals surface area contributed by atoms with Gasteiger partial charge in [0, 0.05) is 130 Å². The minimum atomic E-state index is -1.16. The van der Waals surface area contributed by atoms with Crippen LogP contribution in [0.2, 0.25) is 0 Å². The number of aryl methyl sites for hydroxylation is 1. The molecule has 19 heteroatoms. The highest BCUT2D eigenvalue weighted by atomic mass is 32.1. The van der Waals surface area contributed by atoms with Gasteiger partial charge >= 0.3 is 5.97 Å². The number of pyridine rings is 1. The van der Waals surface area contributed by atoms with Crippen molar-refractivity contribution in [3.05, 3.63) is 70.3 Å². The number of carbonyl (C=O) groups is 3. The van der Waals surface area contributed by atoms with Gasteiger partial charge in [-0.1, -0.05) is 26.8 Å². The van der Waals surface area contributed by atoms with Crippen molar-refractivity contribution in [3.63, 3.8) is 0 Å². The van der Waals surface area contributed by atoms with Gasteiger partial charge in [0.05, 0.1) is 66.4 Å². The van der Waals surface area contributed by atoms with Crippen LogP contribution in [0.5, 0.6) is 0 Å². The van der Waals surface area contributed by atoms with Crippen molar-refractivity contribution in [1.29, 1.82) is 0 Å². The number of fused-ring (bicyclic) bond motifs is 6. The summed E-state index contributed by atoms with van der Waals surface area (Å²) in [5, 5.41) is 8.24. The van der Waals surface area contributed by atoms with Gasteiger partial charge in [-0.3, -0.25) is 29.3 Å². The second-order valence-electron chi connectivity index (χ2n) is 22.7. The largest absolute Gasteiger partial charge is 0.464 e. The number of hydrogen-bond acceptors (Lipinski definition) is 15. The quantitative estimate of drug-likeness (QED) is 0.109. The van der Waals surface area contributed by atoms with E-state index in [0.29, 0.717) is 57.2 Å². The van der Waals surface area contributed by atoms with Gasteiger partial charge in [-0.15, -0.1) is 11.3 Å². The number of cyclic esters (lactones) is 1. The number of methoxy groups -OCH3 is 1. The smallest absolute Gasteiger partial charge is 0.324 e. The number of nitrogens with one attached hydrogen (secondary N) is 2. The van der Waals surface area contributed by atoms with E-state index < -0.39 is 35.5 Å². The molecule has 3 saturated heterocycles. The van der Waals surface area contributed by atoms with E-state index >= 15 is 4.79 Å². The minimum absolute atomic E-state index is 0.0235. The fourth-order valence-corrected chi connectivity index (χ4v) is 13.1. The number of thiazole rings is 1. The summed E-state index contributed by atoms with van der Waals surface area (Å²) >= 11 is 1.40. The number of rotatable bonds is 14. The van der Waals surface area contributed by atoms with Gasteiger partial charge in [-0.25, -0.2) is 15.4 Å². The monoisotopic (exact) mass is 1060 g/mol. The molecule has 5 aromatic rings. The van der Waals surface area contributed by atoms with Gasteiger partial charge in [-0.2, -0.15) is 0 Å². The van der Waals surface area contributed by atoms with E-state index in [2.05, 4.69) is 75.1 Å². The van der Waals surface area contributed by atoms with E-state index in [9.17, 15) is 9.59 Å². The Morgan fingerprint density at radius 3 is 2.57 bits per heavy atom. The first-order valence-electron chi connectivity index (χ1n) is 27.8. The van der Waals surface area contributed by atoms with E-state index in [1.165, 1.54) is 29.2 Å². The highest BCUT2D eigenvalue weighted by Crippen LogP contribution is 2.53. The van der Waals surface area contributed by atoms with E-state index in [4.69, 9.17) is 33.7 Å². The van der Waals surface area contributed by atoms with Gasteiger partial charge in [0.1, 0.15) is 23.2 Å². The zero-order valence-corrected chi connectivity index (χ0v) is 46.1. The molecule has 6 bridgehead atoms. The van der Waals surface area contributed by atoms with E-state index in [1.54, 1.807) is 13.4 Å². The van der Waals surface area contributed by atoms with Crippen LogP contribution in [0.1, 0.15) is 113 Å². The van der Waals surface area contributed by atoms with E-state index in [0.717, 1.165) is 101 Å². The number of aromatic nitrogens is 5. The Kier molecular flexibility index (Phi) is 15.4. The van der Waals surface area contributed by atoms with E-state index in [-0.39, 0.29) is 49.1 Å². The average molecular weight is 1060 g/mol. The topological polar surface area (TPSA) is 180 Å². The standard InChI is InChI=1S/C57H76N10O8S/c1-8-73-52-50(61-53(68)48-34(2)47(48)44-30-63(6)33-59-44)55(69)67-17-9-10-43(62-67)56(70)75-32-57(4,5)28-42-40-26-36(45-31-76-54(52)60-45)11-14-46(40)66(22-25-74-39-15-23-72-24-16-39)51(42)41-27-38(29-58-49(41)35(3)71-7)65-20-18-64(19-21-65)37-12-13-37/h11,14,26-27,29-31,33-35,37,39,43,47-48,50,52,62H,8-10,12-13,15-25,28,32H2,1-7H3,(H,61,68)/t34-,35-,43-,47-,48+,50-,52-/m0/s1. The SMILES string of the molecule is CCO[C@@H]1c2nc(cs2)-c2ccc3c(c2)c(c(-c2cc(N4CCN(C5CC5)CC4)cnc2[C@H](C)OC)n3CCOC2CCOCC2)CC(C)(C)COC(=O)[C@@H]2CCCN(N2)C(=O)[C@H]1NC(=O)[C@@H]1[C@@H](C)[C@H]1c1cn(C)cn1. The maximum absolute atomic E-state index is 15.0. The summed E-state index contributed by atoms with van der Waals surface area (Å²) in [6, 6.07) is 7.63. The van der Waals surface area contributed by atoms with Crippen LogP contribution in [0.25, 0.3) is 33.4 Å². The second-order valence-corrected chi connectivity index (χ2v) is 23.6. The van der Waals surface area contributed by atoms with Crippen LogP contribution < -0.4 is 15.6 Å². The predicted molar refractivity (Wildman–Crippen MR) is 290 cm³/mol. The van der Waals surface area contributed by atoms with Crippen LogP contribution in [0, 0.1) is 17.3 Å². The number of nitrogens with zero attached hydrogens (tertiary/aromatic N) is 8. The zero-order chi connectivity index (χ0) is 52.8. The lowest BCUT2D eigenvalue weighted by atomic mass is 9.84. The summed E-state index contributed by atoms with van der Waals surface area (Å²) in [6.45, 7) is 17.3. The molecule has 4 aliphatic heterocycles. The summed E-state index contributed by atoms with van der Waals surface area (Å²) in [4.78, 5) is 64.0. The molecule has 7 atom stereocenters. The Morgan fingerprint density at radius 1 is 1.03 bits per heavy atom. The average Bonchev–Trinajstić information content (AvgIpc) is 4.32. The normalized spacial score (nSPS) is 26.1. The summed E-state index contributed by atoms with van der Waals surface area (Å²) in [6.07, 6.45) is 10.5. The van der Waals surface area contributed by atoms with Crippen LogP contribution in [-0.4, -0.2) is 149 Å². The predicted octanol–water partition coefficient (Wildman–Crippen LogP) is 6.98. The number of amides is 2. The highest BCUT2D eigenvalue weighted by Gasteiger charge is 2.55. The molecule has 18 nitrogen and oxygen atoms in total. The van der Waals surface area contributed by atoms with Crippen molar-refractivity contribution in [2.24, 2.45) is 24.3 Å². The number of carbonyl (C=O) groups excluding carboxylic acids is 3. The van der Waals surface area contributed by atoms with Crippen LogP contribution in [-0.2, 0) is 58.1 Å². The van der Waals surface area contributed by atoms with E-state index in [1.807, 2.05) is 43.2 Å². The number of esters is 1. The number of piperazine rings is 1. The molecule has 0 radical (unpaired) electrons. The molecule has 0 spiro atoms. The molecule has 11 rings (SSSR count). The molecule has 2 N–H and O–H groups in total. The van der Waals surface area contributed by atoms with Gasteiger partial charge in [-0.05, 0) is 88.5 Å². The first-order valence-corrected chi connectivity index (χ1v) is 28.6. The lowest BCUT2D eigenvalue weighted by Crippen LogP contribution is -2.61. The van der Waals surface area contributed by atoms with Gasteiger partial charge in [0.25, 0.3) is 5.91 Å². The number of hydrazine groups is 1. The molecule has 4 aromatic heterocycles.